The fraction of sp³-hybridized carbons (Fsp3) is 0.684. The van der Waals surface area contributed by atoms with Gasteiger partial charge in [0.2, 0.25) is 0 Å². The van der Waals surface area contributed by atoms with Crippen LogP contribution < -0.4 is 4.74 Å². The molecule has 0 N–H and O–H groups in total. The topological polar surface area (TPSA) is 39.2 Å². The molecule has 3 nitrogen and oxygen atoms in total. The van der Waals surface area contributed by atoms with Crippen LogP contribution in [0.1, 0.15) is 87.0 Å². The number of fused-ring (bicyclic) bond motifs is 1. The van der Waals surface area contributed by atoms with E-state index in [1.807, 2.05) is 27.7 Å². The van der Waals surface area contributed by atoms with Gasteiger partial charge < -0.3 is 4.74 Å². The number of aromatic nitrogens is 1. The molecular formula is C19H24F3NO2. The van der Waals surface area contributed by atoms with Gasteiger partial charge in [-0.2, -0.15) is 13.2 Å². The van der Waals surface area contributed by atoms with Crippen molar-refractivity contribution in [3.05, 3.63) is 23.0 Å². The van der Waals surface area contributed by atoms with Crippen LogP contribution in [0.3, 0.4) is 0 Å². The van der Waals surface area contributed by atoms with Crippen molar-refractivity contribution in [2.24, 2.45) is 5.41 Å². The monoisotopic (exact) mass is 355 g/mol. The van der Waals surface area contributed by atoms with Crippen LogP contribution in [0.4, 0.5) is 13.2 Å². The number of alkyl halides is 3. The van der Waals surface area contributed by atoms with E-state index in [1.165, 1.54) is 6.07 Å². The maximum absolute atomic E-state index is 13.0. The molecule has 1 aliphatic heterocycles. The molecule has 0 radical (unpaired) electrons. The lowest BCUT2D eigenvalue weighted by molar-refractivity contribution is -0.0888. The van der Waals surface area contributed by atoms with Crippen LogP contribution in [-0.4, -0.2) is 23.0 Å². The summed E-state index contributed by atoms with van der Waals surface area (Å²) in [5, 5.41) is 0. The Labute approximate surface area is 146 Å². The smallest absolute Gasteiger partial charge is 0.456 e. The van der Waals surface area contributed by atoms with Gasteiger partial charge in [-0.1, -0.05) is 33.6 Å². The summed E-state index contributed by atoms with van der Waals surface area (Å²) in [4.78, 5) is 16.0. The van der Waals surface area contributed by atoms with Crippen LogP contribution in [0, 0.1) is 5.41 Å². The van der Waals surface area contributed by atoms with Crippen LogP contribution in [-0.2, 0) is 0 Å². The molecule has 25 heavy (non-hydrogen) atoms. The zero-order chi connectivity index (χ0) is 18.6. The van der Waals surface area contributed by atoms with Gasteiger partial charge in [-0.25, -0.2) is 4.98 Å². The summed E-state index contributed by atoms with van der Waals surface area (Å²) in [6, 6.07) is 1.29. The fourth-order valence-electron chi connectivity index (χ4n) is 3.84. The van der Waals surface area contributed by atoms with Gasteiger partial charge in [-0.15, -0.1) is 0 Å². The first kappa shape index (κ1) is 18.2. The summed E-state index contributed by atoms with van der Waals surface area (Å²) in [5.74, 6) is -1.24. The average Bonchev–Trinajstić information content (AvgIpc) is 3.05. The number of ketones is 1. The molecule has 0 saturated heterocycles. The third-order valence-electron chi connectivity index (χ3n) is 6.18. The molecule has 1 saturated carbocycles. The van der Waals surface area contributed by atoms with E-state index in [1.54, 1.807) is 0 Å². The molecule has 0 aromatic carbocycles. The standard InChI is InChI=1S/C19H24F3NO2/c1-10-13-9-14(17(24)19(20,21)22)23-15(12-7-5-6-8-12)16(13)25-11(2)18(10,3)4/h9-12H,5-8H2,1-4H3. The molecule has 2 atom stereocenters. The number of hydrogen-bond acceptors (Lipinski definition) is 3. The van der Waals surface area contributed by atoms with Crippen LogP contribution in [0.25, 0.3) is 0 Å². The summed E-state index contributed by atoms with van der Waals surface area (Å²) < 4.78 is 45.0. The zero-order valence-corrected chi connectivity index (χ0v) is 15.0. The van der Waals surface area contributed by atoms with Gasteiger partial charge in [-0.3, -0.25) is 4.79 Å². The van der Waals surface area contributed by atoms with Crippen molar-refractivity contribution in [1.29, 1.82) is 0 Å². The lowest BCUT2D eigenvalue weighted by atomic mass is 9.70. The molecule has 0 amide bonds. The van der Waals surface area contributed by atoms with Gasteiger partial charge in [0.15, 0.2) is 0 Å². The van der Waals surface area contributed by atoms with Crippen molar-refractivity contribution >= 4 is 5.78 Å². The van der Waals surface area contributed by atoms with Gasteiger partial charge in [0.25, 0.3) is 5.78 Å². The Morgan fingerprint density at radius 1 is 1.24 bits per heavy atom. The second kappa shape index (κ2) is 5.99. The van der Waals surface area contributed by atoms with E-state index < -0.39 is 17.7 Å². The number of carbonyl (C=O) groups excluding carboxylic acids is 1. The molecular weight excluding hydrogens is 331 g/mol. The van der Waals surface area contributed by atoms with Crippen molar-refractivity contribution in [2.75, 3.05) is 0 Å². The van der Waals surface area contributed by atoms with Crippen LogP contribution in [0.15, 0.2) is 6.07 Å². The fourth-order valence-corrected chi connectivity index (χ4v) is 3.84. The second-order valence-electron chi connectivity index (χ2n) is 7.92. The average molecular weight is 355 g/mol. The number of halogens is 3. The third-order valence-corrected chi connectivity index (χ3v) is 6.18. The predicted octanol–water partition coefficient (Wildman–Crippen LogP) is 5.39. The van der Waals surface area contributed by atoms with Gasteiger partial charge in [-0.05, 0) is 31.7 Å². The van der Waals surface area contributed by atoms with Gasteiger partial charge >= 0.3 is 6.18 Å². The van der Waals surface area contributed by atoms with Crippen LogP contribution >= 0.6 is 0 Å². The molecule has 3 rings (SSSR count). The van der Waals surface area contributed by atoms with E-state index in [-0.39, 0.29) is 23.4 Å². The van der Waals surface area contributed by atoms with E-state index in [2.05, 4.69) is 4.98 Å². The molecule has 138 valence electrons. The zero-order valence-electron chi connectivity index (χ0n) is 15.0. The number of ether oxygens (including phenoxy) is 1. The minimum Gasteiger partial charge on any atom is -0.488 e. The summed E-state index contributed by atoms with van der Waals surface area (Å²) in [5.41, 5.74) is 0.457. The number of hydrogen-bond donors (Lipinski definition) is 0. The van der Waals surface area contributed by atoms with Crippen molar-refractivity contribution in [1.82, 2.24) is 4.98 Å². The predicted molar refractivity (Wildman–Crippen MR) is 88.1 cm³/mol. The van der Waals surface area contributed by atoms with E-state index in [4.69, 9.17) is 4.74 Å². The number of nitrogens with zero attached hydrogens (tertiary/aromatic N) is 1. The number of rotatable bonds is 2. The first-order valence-corrected chi connectivity index (χ1v) is 8.86. The Morgan fingerprint density at radius 2 is 1.84 bits per heavy atom. The number of Topliss-reactive ketones (excluding diaryl/α,β-unsaturated/α-hetero) is 1. The molecule has 2 heterocycles. The molecule has 6 heteroatoms. The number of carbonyl (C=O) groups is 1. The minimum atomic E-state index is -4.92. The summed E-state index contributed by atoms with van der Waals surface area (Å²) >= 11 is 0. The van der Waals surface area contributed by atoms with Crippen molar-refractivity contribution in [3.8, 4) is 5.75 Å². The van der Waals surface area contributed by atoms with Crippen molar-refractivity contribution in [3.63, 3.8) is 0 Å². The van der Waals surface area contributed by atoms with Crippen LogP contribution in [0.2, 0.25) is 0 Å². The highest BCUT2D eigenvalue weighted by atomic mass is 19.4. The Balaban J connectivity index is 2.18. The summed E-state index contributed by atoms with van der Waals surface area (Å²) in [6.07, 6.45) is -1.21. The number of pyridine rings is 1. The normalized spacial score (nSPS) is 26.2. The molecule has 2 unspecified atom stereocenters. The molecule has 0 spiro atoms. The molecule has 2 aliphatic rings. The van der Waals surface area contributed by atoms with E-state index in [9.17, 15) is 18.0 Å². The Bertz CT molecular complexity index is 673. The molecule has 1 fully saturated rings. The second-order valence-corrected chi connectivity index (χ2v) is 7.92. The van der Waals surface area contributed by atoms with E-state index >= 15 is 0 Å². The molecule has 1 aromatic rings. The van der Waals surface area contributed by atoms with Crippen LogP contribution in [0.5, 0.6) is 5.75 Å². The molecule has 0 bridgehead atoms. The summed E-state index contributed by atoms with van der Waals surface area (Å²) in [6.45, 7) is 8.03. The quantitative estimate of drug-likeness (QED) is 0.667. The van der Waals surface area contributed by atoms with Gasteiger partial charge in [0.05, 0.1) is 5.69 Å². The van der Waals surface area contributed by atoms with Gasteiger partial charge in [0, 0.05) is 16.9 Å². The van der Waals surface area contributed by atoms with E-state index in [0.29, 0.717) is 17.0 Å². The highest BCUT2D eigenvalue weighted by Crippen LogP contribution is 2.51. The SMILES string of the molecule is CC1Oc2c(cc(C(=O)C(F)(F)F)nc2C2CCCC2)C(C)C1(C)C. The molecule has 1 aliphatic carbocycles. The Morgan fingerprint density at radius 3 is 2.40 bits per heavy atom. The third kappa shape index (κ3) is 3.04. The first-order valence-electron chi connectivity index (χ1n) is 8.86. The minimum absolute atomic E-state index is 0.0332. The first-order chi connectivity index (χ1) is 11.5. The lowest BCUT2D eigenvalue weighted by Crippen LogP contribution is -2.41. The Kier molecular flexibility index (Phi) is 4.36. The summed E-state index contributed by atoms with van der Waals surface area (Å²) in [7, 11) is 0. The lowest BCUT2D eigenvalue weighted by Gasteiger charge is -2.44. The highest BCUT2D eigenvalue weighted by Gasteiger charge is 2.45. The maximum atomic E-state index is 13.0. The maximum Gasteiger partial charge on any atom is 0.456 e. The van der Waals surface area contributed by atoms with Crippen molar-refractivity contribution < 1.29 is 22.7 Å². The Hall–Kier alpha value is -1.59. The largest absolute Gasteiger partial charge is 0.488 e. The van der Waals surface area contributed by atoms with Gasteiger partial charge in [0.1, 0.15) is 17.5 Å². The highest BCUT2D eigenvalue weighted by molar-refractivity contribution is 5.99. The van der Waals surface area contributed by atoms with Crippen molar-refractivity contribution in [2.45, 2.75) is 77.5 Å². The van der Waals surface area contributed by atoms with E-state index in [0.717, 1.165) is 25.7 Å². The molecule has 1 aromatic heterocycles.